The molecule has 0 aliphatic carbocycles. The van der Waals surface area contributed by atoms with Crippen LogP contribution in [0, 0.1) is 0 Å². The molecule has 5 nitrogen and oxygen atoms in total. The Morgan fingerprint density at radius 2 is 2.35 bits per heavy atom. The molecule has 0 fully saturated rings. The van der Waals surface area contributed by atoms with Crippen molar-refractivity contribution in [2.75, 3.05) is 11.2 Å². The molecule has 0 aliphatic heterocycles. The zero-order valence-electron chi connectivity index (χ0n) is 8.59. The van der Waals surface area contributed by atoms with Gasteiger partial charge in [-0.15, -0.1) is 11.3 Å². The highest BCUT2D eigenvalue weighted by Crippen LogP contribution is 2.23. The van der Waals surface area contributed by atoms with Gasteiger partial charge >= 0.3 is 0 Å². The Hall–Kier alpha value is -1.79. The second kappa shape index (κ2) is 5.03. The average molecular weight is 269 g/mol. The van der Waals surface area contributed by atoms with Crippen LogP contribution in [0.2, 0.25) is 5.02 Å². The predicted molar refractivity (Wildman–Crippen MR) is 70.9 cm³/mol. The van der Waals surface area contributed by atoms with Crippen molar-refractivity contribution in [2.45, 2.75) is 0 Å². The van der Waals surface area contributed by atoms with E-state index in [2.05, 4.69) is 15.5 Å². The summed E-state index contributed by atoms with van der Waals surface area (Å²) in [5.74, 6) is 0.504. The fourth-order valence-electron chi connectivity index (χ4n) is 1.10. The molecule has 88 valence electrons. The molecule has 0 aliphatic rings. The summed E-state index contributed by atoms with van der Waals surface area (Å²) < 4.78 is 0. The van der Waals surface area contributed by atoms with Crippen molar-refractivity contribution in [3.8, 4) is 5.75 Å². The number of hydrogen-bond donors (Lipinski definition) is 3. The number of nitrogens with one attached hydrogen (secondary N) is 1. The third-order valence-electron chi connectivity index (χ3n) is 1.87. The van der Waals surface area contributed by atoms with E-state index in [4.69, 9.17) is 17.3 Å². The average Bonchev–Trinajstić information content (AvgIpc) is 2.70. The first kappa shape index (κ1) is 11.7. The highest BCUT2D eigenvalue weighted by Gasteiger charge is 1.98. The van der Waals surface area contributed by atoms with Gasteiger partial charge in [-0.2, -0.15) is 5.10 Å². The maximum Gasteiger partial charge on any atom is 0.205 e. The van der Waals surface area contributed by atoms with Gasteiger partial charge in [0.1, 0.15) is 11.6 Å². The van der Waals surface area contributed by atoms with E-state index in [9.17, 15) is 5.11 Å². The Balaban J connectivity index is 2.03. The molecule has 0 atom stereocenters. The number of aromatic hydroxyl groups is 1. The number of nitrogens with zero attached hydrogens (tertiary/aromatic N) is 2. The monoisotopic (exact) mass is 268 g/mol. The molecule has 0 bridgehead atoms. The van der Waals surface area contributed by atoms with Gasteiger partial charge in [0.05, 0.1) is 11.2 Å². The number of nitrogens with two attached hydrogens (primary N) is 1. The van der Waals surface area contributed by atoms with E-state index in [1.165, 1.54) is 17.4 Å². The molecule has 2 rings (SSSR count). The Kier molecular flexibility index (Phi) is 3.46. The number of phenolic OH excluding ortho intramolecular Hbond substituents is 1. The van der Waals surface area contributed by atoms with Crippen molar-refractivity contribution < 1.29 is 5.11 Å². The first-order valence-corrected chi connectivity index (χ1v) is 5.89. The van der Waals surface area contributed by atoms with Crippen molar-refractivity contribution in [1.82, 2.24) is 4.98 Å². The van der Waals surface area contributed by atoms with Crippen LogP contribution < -0.4 is 11.2 Å². The summed E-state index contributed by atoms with van der Waals surface area (Å²) in [4.78, 5) is 3.98. The van der Waals surface area contributed by atoms with Gasteiger partial charge < -0.3 is 10.8 Å². The van der Waals surface area contributed by atoms with E-state index in [1.54, 1.807) is 23.7 Å². The van der Waals surface area contributed by atoms with Crippen molar-refractivity contribution in [2.24, 2.45) is 5.10 Å². The molecular formula is C10H9ClN4OS. The van der Waals surface area contributed by atoms with Gasteiger partial charge in [0.25, 0.3) is 0 Å². The molecular weight excluding hydrogens is 260 g/mol. The molecule has 0 unspecified atom stereocenters. The van der Waals surface area contributed by atoms with Crippen LogP contribution in [-0.4, -0.2) is 16.3 Å². The fraction of sp³-hybridized carbons (Fsp3) is 0. The Bertz CT molecular complexity index is 555. The predicted octanol–water partition coefficient (Wildman–Crippen LogP) is 2.53. The van der Waals surface area contributed by atoms with E-state index < -0.39 is 0 Å². The highest BCUT2D eigenvalue weighted by atomic mass is 35.5. The molecule has 1 aromatic heterocycles. The van der Waals surface area contributed by atoms with E-state index >= 15 is 0 Å². The molecule has 4 N–H and O–H groups in total. The number of hydrogen-bond acceptors (Lipinski definition) is 6. The Morgan fingerprint density at radius 1 is 1.53 bits per heavy atom. The maximum atomic E-state index is 9.24. The summed E-state index contributed by atoms with van der Waals surface area (Å²) in [6.45, 7) is 0. The zero-order chi connectivity index (χ0) is 12.3. The first-order valence-electron chi connectivity index (χ1n) is 4.64. The largest absolute Gasteiger partial charge is 0.506 e. The number of anilines is 2. The third kappa shape index (κ3) is 3.08. The minimum atomic E-state index is 0.0458. The van der Waals surface area contributed by atoms with Crippen LogP contribution in [0.25, 0.3) is 0 Å². The standard InChI is InChI=1S/C10H9ClN4OS/c11-7-3-6(1-2-8(7)16)4-13-15-10-14-9(12)5-17-10/h1-5,16H,12H2,(H,14,15). The van der Waals surface area contributed by atoms with Gasteiger partial charge in [-0.25, -0.2) is 4.98 Å². The molecule has 0 saturated heterocycles. The van der Waals surface area contributed by atoms with Gasteiger partial charge in [0.2, 0.25) is 5.13 Å². The quantitative estimate of drug-likeness (QED) is 0.590. The van der Waals surface area contributed by atoms with Crippen LogP contribution in [0.3, 0.4) is 0 Å². The molecule has 7 heteroatoms. The number of rotatable bonds is 3. The number of phenols is 1. The van der Waals surface area contributed by atoms with Crippen molar-refractivity contribution in [1.29, 1.82) is 0 Å². The first-order chi connectivity index (χ1) is 8.15. The van der Waals surface area contributed by atoms with E-state index in [0.29, 0.717) is 10.9 Å². The van der Waals surface area contributed by atoms with Crippen LogP contribution in [-0.2, 0) is 0 Å². The number of hydrazone groups is 1. The summed E-state index contributed by atoms with van der Waals surface area (Å²) in [5.41, 5.74) is 8.97. The lowest BCUT2D eigenvalue weighted by molar-refractivity contribution is 0.475. The number of aromatic nitrogens is 1. The lowest BCUT2D eigenvalue weighted by Crippen LogP contribution is -1.91. The molecule has 0 spiro atoms. The van der Waals surface area contributed by atoms with Crippen molar-refractivity contribution in [3.63, 3.8) is 0 Å². The minimum Gasteiger partial charge on any atom is -0.506 e. The van der Waals surface area contributed by atoms with E-state index in [0.717, 1.165) is 5.56 Å². The molecule has 2 aromatic rings. The highest BCUT2D eigenvalue weighted by molar-refractivity contribution is 7.14. The molecule has 1 heterocycles. The maximum absolute atomic E-state index is 9.24. The Labute approximate surface area is 107 Å². The van der Waals surface area contributed by atoms with Crippen LogP contribution in [0.1, 0.15) is 5.56 Å². The van der Waals surface area contributed by atoms with Crippen LogP contribution in [0.4, 0.5) is 10.9 Å². The number of benzene rings is 1. The second-order valence-electron chi connectivity index (χ2n) is 3.16. The summed E-state index contributed by atoms with van der Waals surface area (Å²) in [5, 5.41) is 15.8. The van der Waals surface area contributed by atoms with Gasteiger partial charge in [-0.05, 0) is 23.8 Å². The fourth-order valence-corrected chi connectivity index (χ4v) is 1.84. The molecule has 0 amide bonds. The number of thiazole rings is 1. The van der Waals surface area contributed by atoms with E-state index in [-0.39, 0.29) is 10.8 Å². The molecule has 17 heavy (non-hydrogen) atoms. The van der Waals surface area contributed by atoms with Gasteiger partial charge in [-0.1, -0.05) is 11.6 Å². The molecule has 1 aromatic carbocycles. The van der Waals surface area contributed by atoms with Crippen molar-refractivity contribution >= 4 is 40.1 Å². The smallest absolute Gasteiger partial charge is 0.205 e. The van der Waals surface area contributed by atoms with Crippen molar-refractivity contribution in [3.05, 3.63) is 34.2 Å². The SMILES string of the molecule is Nc1csc(NN=Cc2ccc(O)c(Cl)c2)n1. The molecule has 0 saturated carbocycles. The number of halogens is 1. The van der Waals surface area contributed by atoms with Crippen LogP contribution >= 0.6 is 22.9 Å². The Morgan fingerprint density at radius 3 is 3.00 bits per heavy atom. The van der Waals surface area contributed by atoms with Crippen LogP contribution in [0.15, 0.2) is 28.7 Å². The van der Waals surface area contributed by atoms with Gasteiger partial charge in [-0.3, -0.25) is 5.43 Å². The lowest BCUT2D eigenvalue weighted by Gasteiger charge is -1.97. The lowest BCUT2D eigenvalue weighted by atomic mass is 10.2. The van der Waals surface area contributed by atoms with E-state index in [1.807, 2.05) is 0 Å². The molecule has 0 radical (unpaired) electrons. The van der Waals surface area contributed by atoms with Gasteiger partial charge in [0.15, 0.2) is 0 Å². The summed E-state index contributed by atoms with van der Waals surface area (Å²) in [6, 6.07) is 4.81. The third-order valence-corrected chi connectivity index (χ3v) is 2.94. The second-order valence-corrected chi connectivity index (χ2v) is 4.42. The number of nitrogen functional groups attached to an aromatic ring is 1. The van der Waals surface area contributed by atoms with Gasteiger partial charge in [0, 0.05) is 5.38 Å². The zero-order valence-corrected chi connectivity index (χ0v) is 10.2. The minimum absolute atomic E-state index is 0.0458. The topological polar surface area (TPSA) is 83.5 Å². The summed E-state index contributed by atoms with van der Waals surface area (Å²) in [6.07, 6.45) is 1.57. The normalized spacial score (nSPS) is 10.9. The van der Waals surface area contributed by atoms with Crippen LogP contribution in [0.5, 0.6) is 5.75 Å². The summed E-state index contributed by atoms with van der Waals surface area (Å²) in [7, 11) is 0. The summed E-state index contributed by atoms with van der Waals surface area (Å²) >= 11 is 7.12.